The highest BCUT2D eigenvalue weighted by molar-refractivity contribution is 7.85. The molecule has 1 aliphatic rings. The molecule has 1 saturated heterocycles. The van der Waals surface area contributed by atoms with Crippen molar-refractivity contribution < 1.29 is 13.9 Å². The lowest BCUT2D eigenvalue weighted by Crippen LogP contribution is -2.37. The molecule has 1 aliphatic heterocycles. The third-order valence-corrected chi connectivity index (χ3v) is 4.62. The van der Waals surface area contributed by atoms with E-state index in [2.05, 4.69) is 5.32 Å². The van der Waals surface area contributed by atoms with Crippen LogP contribution in [0.2, 0.25) is 0 Å². The summed E-state index contributed by atoms with van der Waals surface area (Å²) < 4.78 is 16.7. The first-order valence-electron chi connectivity index (χ1n) is 6.61. The second kappa shape index (κ2) is 7.35. The first-order chi connectivity index (χ1) is 9.65. The zero-order valence-corrected chi connectivity index (χ0v) is 11.9. The maximum absolute atomic E-state index is 11.2. The molecule has 20 heavy (non-hydrogen) atoms. The quantitative estimate of drug-likeness (QED) is 0.488. The Morgan fingerprint density at radius 1 is 1.30 bits per heavy atom. The number of nitro benzene ring substituents is 1. The molecule has 1 fully saturated rings. The number of nitro groups is 1. The second-order valence-corrected chi connectivity index (χ2v) is 6.37. The Balaban J connectivity index is 1.65. The van der Waals surface area contributed by atoms with Gasteiger partial charge in [-0.25, -0.2) is 0 Å². The molecule has 1 aromatic carbocycles. The Kier molecular flexibility index (Phi) is 5.49. The standard InChI is InChI=1S/C13H18N2O4S/c16-15(17)12-1-3-13(4-2-12)19-8-7-14-11-5-9-20(18)10-6-11/h1-4,11,14H,5-10H2. The van der Waals surface area contributed by atoms with Crippen LogP contribution in [0.15, 0.2) is 24.3 Å². The van der Waals surface area contributed by atoms with Crippen LogP contribution in [0.5, 0.6) is 5.75 Å². The lowest BCUT2D eigenvalue weighted by atomic mass is 10.1. The van der Waals surface area contributed by atoms with Crippen LogP contribution >= 0.6 is 0 Å². The summed E-state index contributed by atoms with van der Waals surface area (Å²) in [5, 5.41) is 13.9. The normalized spacial score (nSPS) is 22.4. The third-order valence-electron chi connectivity index (χ3n) is 3.24. The molecule has 0 amide bonds. The van der Waals surface area contributed by atoms with Gasteiger partial charge in [0.15, 0.2) is 0 Å². The smallest absolute Gasteiger partial charge is 0.269 e. The zero-order chi connectivity index (χ0) is 14.4. The van der Waals surface area contributed by atoms with Gasteiger partial charge in [-0.3, -0.25) is 14.3 Å². The molecule has 6 nitrogen and oxygen atoms in total. The molecule has 0 unspecified atom stereocenters. The number of benzene rings is 1. The van der Waals surface area contributed by atoms with E-state index in [1.165, 1.54) is 12.1 Å². The number of ether oxygens (including phenoxy) is 1. The van der Waals surface area contributed by atoms with Crippen LogP contribution in [0.4, 0.5) is 5.69 Å². The largest absolute Gasteiger partial charge is 0.492 e. The van der Waals surface area contributed by atoms with Crippen molar-refractivity contribution in [3.05, 3.63) is 34.4 Å². The number of nitrogens with zero attached hydrogens (tertiary/aromatic N) is 1. The maximum atomic E-state index is 11.2. The lowest BCUT2D eigenvalue weighted by Gasteiger charge is -2.22. The Labute approximate surface area is 120 Å². The summed E-state index contributed by atoms with van der Waals surface area (Å²) in [4.78, 5) is 10.1. The van der Waals surface area contributed by atoms with Gasteiger partial charge in [-0.1, -0.05) is 0 Å². The highest BCUT2D eigenvalue weighted by Crippen LogP contribution is 2.17. The number of rotatable bonds is 6. The van der Waals surface area contributed by atoms with Gasteiger partial charge in [0, 0.05) is 47.0 Å². The van der Waals surface area contributed by atoms with Gasteiger partial charge >= 0.3 is 0 Å². The second-order valence-electron chi connectivity index (χ2n) is 4.68. The van der Waals surface area contributed by atoms with E-state index in [4.69, 9.17) is 4.74 Å². The molecule has 2 rings (SSSR count). The molecule has 7 heteroatoms. The average Bonchev–Trinajstić information content (AvgIpc) is 2.46. The molecule has 0 bridgehead atoms. The fourth-order valence-electron chi connectivity index (χ4n) is 2.09. The van der Waals surface area contributed by atoms with E-state index >= 15 is 0 Å². The first kappa shape index (κ1) is 14.9. The van der Waals surface area contributed by atoms with Gasteiger partial charge in [0.2, 0.25) is 0 Å². The van der Waals surface area contributed by atoms with E-state index in [1.807, 2.05) is 0 Å². The van der Waals surface area contributed by atoms with Crippen LogP contribution < -0.4 is 10.1 Å². The van der Waals surface area contributed by atoms with Gasteiger partial charge in [-0.05, 0) is 25.0 Å². The highest BCUT2D eigenvalue weighted by Gasteiger charge is 2.16. The van der Waals surface area contributed by atoms with Crippen LogP contribution in [0.3, 0.4) is 0 Å². The monoisotopic (exact) mass is 298 g/mol. The van der Waals surface area contributed by atoms with Gasteiger partial charge < -0.3 is 10.1 Å². The van der Waals surface area contributed by atoms with Crippen LogP contribution in [-0.2, 0) is 10.8 Å². The summed E-state index contributed by atoms with van der Waals surface area (Å²) in [6.07, 6.45) is 1.90. The third kappa shape index (κ3) is 4.57. The SMILES string of the molecule is O=[N+]([O-])c1ccc(OCCNC2CCS(=O)CC2)cc1. The van der Waals surface area contributed by atoms with Gasteiger partial charge in [0.1, 0.15) is 12.4 Å². The zero-order valence-electron chi connectivity index (χ0n) is 11.1. The maximum Gasteiger partial charge on any atom is 0.269 e. The van der Waals surface area contributed by atoms with Crippen molar-refractivity contribution in [3.8, 4) is 5.75 Å². The molecule has 1 N–H and O–H groups in total. The van der Waals surface area contributed by atoms with E-state index in [0.717, 1.165) is 24.3 Å². The van der Waals surface area contributed by atoms with Crippen molar-refractivity contribution in [3.63, 3.8) is 0 Å². The number of non-ortho nitro benzene ring substituents is 1. The Morgan fingerprint density at radius 3 is 2.55 bits per heavy atom. The van der Waals surface area contributed by atoms with Gasteiger partial charge in [-0.15, -0.1) is 0 Å². The summed E-state index contributed by atoms with van der Waals surface area (Å²) in [6.45, 7) is 1.23. The molecule has 0 radical (unpaired) electrons. The number of hydrogen-bond acceptors (Lipinski definition) is 5. The molecule has 0 aliphatic carbocycles. The van der Waals surface area contributed by atoms with Crippen molar-refractivity contribution in [2.75, 3.05) is 24.7 Å². The Morgan fingerprint density at radius 2 is 1.95 bits per heavy atom. The van der Waals surface area contributed by atoms with Crippen molar-refractivity contribution in [2.24, 2.45) is 0 Å². The molecule has 1 heterocycles. The Bertz CT molecular complexity index is 468. The lowest BCUT2D eigenvalue weighted by molar-refractivity contribution is -0.384. The van der Waals surface area contributed by atoms with E-state index < -0.39 is 15.7 Å². The van der Waals surface area contributed by atoms with E-state index in [-0.39, 0.29) is 5.69 Å². The number of nitrogens with one attached hydrogen (secondary N) is 1. The van der Waals surface area contributed by atoms with Crippen LogP contribution in [0, 0.1) is 10.1 Å². The van der Waals surface area contributed by atoms with Crippen molar-refractivity contribution >= 4 is 16.5 Å². The molecule has 0 saturated carbocycles. The topological polar surface area (TPSA) is 81.5 Å². The summed E-state index contributed by atoms with van der Waals surface area (Å²) in [5.74, 6) is 2.18. The van der Waals surface area contributed by atoms with Gasteiger partial charge in [0.05, 0.1) is 4.92 Å². The molecule has 0 spiro atoms. The fraction of sp³-hybridized carbons (Fsp3) is 0.538. The number of hydrogen-bond donors (Lipinski definition) is 1. The summed E-state index contributed by atoms with van der Waals surface area (Å²) >= 11 is 0. The molecular weight excluding hydrogens is 280 g/mol. The fourth-order valence-corrected chi connectivity index (χ4v) is 3.39. The van der Waals surface area contributed by atoms with Gasteiger partial charge in [0.25, 0.3) is 5.69 Å². The minimum Gasteiger partial charge on any atom is -0.492 e. The molecule has 0 aromatic heterocycles. The summed E-state index contributed by atoms with van der Waals surface area (Å²) in [7, 11) is -0.630. The molecule has 1 aromatic rings. The van der Waals surface area contributed by atoms with Crippen molar-refractivity contribution in [1.82, 2.24) is 5.32 Å². The minimum absolute atomic E-state index is 0.0608. The van der Waals surface area contributed by atoms with Crippen LogP contribution in [-0.4, -0.2) is 39.8 Å². The minimum atomic E-state index is -0.630. The first-order valence-corrected chi connectivity index (χ1v) is 8.09. The highest BCUT2D eigenvalue weighted by atomic mass is 32.2. The van der Waals surface area contributed by atoms with E-state index in [0.29, 0.717) is 24.9 Å². The van der Waals surface area contributed by atoms with Crippen LogP contribution in [0.25, 0.3) is 0 Å². The van der Waals surface area contributed by atoms with E-state index in [1.54, 1.807) is 12.1 Å². The van der Waals surface area contributed by atoms with Gasteiger partial charge in [-0.2, -0.15) is 0 Å². The predicted molar refractivity (Wildman–Crippen MR) is 77.5 cm³/mol. The van der Waals surface area contributed by atoms with E-state index in [9.17, 15) is 14.3 Å². The molecular formula is C13H18N2O4S. The van der Waals surface area contributed by atoms with Crippen molar-refractivity contribution in [1.29, 1.82) is 0 Å². The summed E-state index contributed by atoms with van der Waals surface area (Å²) in [5.41, 5.74) is 0.0608. The molecule has 0 atom stereocenters. The average molecular weight is 298 g/mol. The van der Waals surface area contributed by atoms with Crippen molar-refractivity contribution in [2.45, 2.75) is 18.9 Å². The Hall–Kier alpha value is -1.47. The predicted octanol–water partition coefficient (Wildman–Crippen LogP) is 1.47. The summed E-state index contributed by atoms with van der Waals surface area (Å²) in [6, 6.07) is 6.48. The van der Waals surface area contributed by atoms with Crippen LogP contribution in [0.1, 0.15) is 12.8 Å². The molecule has 110 valence electrons.